The van der Waals surface area contributed by atoms with Crippen LogP contribution in [0.2, 0.25) is 16.6 Å². The minimum Gasteiger partial charge on any atom is -0.378 e. The van der Waals surface area contributed by atoms with Crippen LogP contribution in [0, 0.1) is 0 Å². The van der Waals surface area contributed by atoms with E-state index >= 15 is 0 Å². The topological polar surface area (TPSA) is 4.93 Å². The third kappa shape index (κ3) is 2.59. The minimum atomic E-state index is -1.56. The predicted molar refractivity (Wildman–Crippen MR) is 86.3 cm³/mol. The van der Waals surface area contributed by atoms with Crippen LogP contribution in [-0.4, -0.2) is 12.5 Å². The van der Waals surface area contributed by atoms with Gasteiger partial charge in [0.25, 0.3) is 0 Å². The summed E-state index contributed by atoms with van der Waals surface area (Å²) < 4.78 is 4.86. The lowest BCUT2D eigenvalue weighted by atomic mass is 10.5. The Bertz CT molecular complexity index is 341. The Morgan fingerprint density at radius 2 is 1.12 bits per heavy atom. The molecule has 0 atom stereocenters. The highest BCUT2D eigenvalue weighted by Crippen LogP contribution is 2.43. The van der Waals surface area contributed by atoms with Gasteiger partial charge in [-0.25, -0.2) is 0 Å². The molecule has 98 valence electrons. The van der Waals surface area contributed by atoms with Crippen LogP contribution in [-0.2, 0) is 0 Å². The number of hydrogen-bond acceptors (Lipinski definition) is 0. The molecule has 1 rings (SSSR count). The molecule has 0 aliphatic carbocycles. The van der Waals surface area contributed by atoms with E-state index in [9.17, 15) is 0 Å². The number of halogens is 2. The van der Waals surface area contributed by atoms with Gasteiger partial charge in [-0.1, -0.05) is 41.5 Å². The van der Waals surface area contributed by atoms with Crippen molar-refractivity contribution in [2.75, 3.05) is 0 Å². The average molecular weight is 381 g/mol. The standard InChI is InChI=1S/C13H23Br2NSi/c1-9(2)17(10(3)4,11(5)6)16-7-12(14)13(15)8-16/h7-11H,1-6H3. The van der Waals surface area contributed by atoms with Gasteiger partial charge < -0.3 is 4.23 Å². The number of rotatable bonds is 4. The van der Waals surface area contributed by atoms with E-state index in [0.29, 0.717) is 0 Å². The second-order valence-electron chi connectivity index (χ2n) is 5.71. The molecule has 0 amide bonds. The molecule has 0 N–H and O–H groups in total. The van der Waals surface area contributed by atoms with Gasteiger partial charge in [0, 0.05) is 21.3 Å². The Hall–Kier alpha value is 0.457. The van der Waals surface area contributed by atoms with Crippen molar-refractivity contribution in [2.45, 2.75) is 58.2 Å². The Kier molecular flexibility index (Phi) is 5.13. The molecular weight excluding hydrogens is 358 g/mol. The SMILES string of the molecule is CC(C)[Si](C(C)C)(C(C)C)n1cc(Br)c(Br)c1. The molecule has 0 saturated heterocycles. The fourth-order valence-corrected chi connectivity index (χ4v) is 11.0. The highest BCUT2D eigenvalue weighted by molar-refractivity contribution is 9.13. The lowest BCUT2D eigenvalue weighted by Gasteiger charge is -2.44. The second-order valence-corrected chi connectivity index (χ2v) is 13.2. The van der Waals surface area contributed by atoms with E-state index in [0.717, 1.165) is 25.6 Å². The largest absolute Gasteiger partial charge is 0.378 e. The van der Waals surface area contributed by atoms with Gasteiger partial charge in [0.1, 0.15) is 0 Å². The maximum absolute atomic E-state index is 3.61. The van der Waals surface area contributed by atoms with Crippen molar-refractivity contribution < 1.29 is 0 Å². The first-order valence-corrected chi connectivity index (χ1v) is 10.0. The van der Waals surface area contributed by atoms with Crippen molar-refractivity contribution in [3.8, 4) is 0 Å². The summed E-state index contributed by atoms with van der Waals surface area (Å²) >= 11 is 7.22. The van der Waals surface area contributed by atoms with Crippen molar-refractivity contribution >= 4 is 40.1 Å². The fourth-order valence-electron chi connectivity index (χ4n) is 3.52. The van der Waals surface area contributed by atoms with Gasteiger partial charge in [0.15, 0.2) is 8.24 Å². The summed E-state index contributed by atoms with van der Waals surface area (Å²) in [5.74, 6) is 0. The Balaban J connectivity index is 3.41. The van der Waals surface area contributed by atoms with Gasteiger partial charge in [-0.05, 0) is 48.5 Å². The second kappa shape index (κ2) is 5.62. The van der Waals surface area contributed by atoms with E-state index in [-0.39, 0.29) is 0 Å². The lowest BCUT2D eigenvalue weighted by molar-refractivity contribution is 0.765. The summed E-state index contributed by atoms with van der Waals surface area (Å²) in [4.78, 5) is 0. The van der Waals surface area contributed by atoms with E-state index in [1.54, 1.807) is 0 Å². The minimum absolute atomic E-state index is 0.730. The highest BCUT2D eigenvalue weighted by atomic mass is 79.9. The molecule has 4 heteroatoms. The fraction of sp³-hybridized carbons (Fsp3) is 0.692. The quantitative estimate of drug-likeness (QED) is 0.561. The van der Waals surface area contributed by atoms with Gasteiger partial charge in [-0.2, -0.15) is 0 Å². The van der Waals surface area contributed by atoms with Crippen molar-refractivity contribution in [3.05, 3.63) is 21.3 Å². The van der Waals surface area contributed by atoms with E-state index in [1.165, 1.54) is 0 Å². The third-order valence-corrected chi connectivity index (χ3v) is 12.5. The van der Waals surface area contributed by atoms with Crippen molar-refractivity contribution in [1.29, 1.82) is 0 Å². The van der Waals surface area contributed by atoms with Gasteiger partial charge in [0.05, 0.1) is 0 Å². The van der Waals surface area contributed by atoms with E-state index < -0.39 is 8.24 Å². The molecule has 1 nitrogen and oxygen atoms in total. The molecule has 1 aromatic rings. The molecule has 1 aromatic heterocycles. The van der Waals surface area contributed by atoms with Crippen LogP contribution in [0.25, 0.3) is 0 Å². The molecule has 0 bridgehead atoms. The summed E-state index contributed by atoms with van der Waals surface area (Å²) in [6.45, 7) is 14.3. The molecule has 0 fully saturated rings. The van der Waals surface area contributed by atoms with Crippen LogP contribution in [0.1, 0.15) is 41.5 Å². The van der Waals surface area contributed by atoms with Gasteiger partial charge >= 0.3 is 0 Å². The van der Waals surface area contributed by atoms with Gasteiger partial charge in [-0.15, -0.1) is 0 Å². The summed E-state index contributed by atoms with van der Waals surface area (Å²) in [5, 5.41) is 0. The molecule has 1 heterocycles. The van der Waals surface area contributed by atoms with Crippen LogP contribution in [0.5, 0.6) is 0 Å². The van der Waals surface area contributed by atoms with E-state index in [4.69, 9.17) is 0 Å². The maximum Gasteiger partial charge on any atom is 0.168 e. The number of nitrogens with zero attached hydrogens (tertiary/aromatic N) is 1. The number of aromatic nitrogens is 1. The number of hydrogen-bond donors (Lipinski definition) is 0. The first-order valence-electron chi connectivity index (χ1n) is 6.28. The smallest absolute Gasteiger partial charge is 0.168 e. The van der Waals surface area contributed by atoms with E-state index in [1.807, 2.05) is 0 Å². The first-order chi connectivity index (χ1) is 7.74. The third-order valence-electron chi connectivity index (χ3n) is 3.95. The summed E-state index contributed by atoms with van der Waals surface area (Å²) in [5.41, 5.74) is 2.19. The highest BCUT2D eigenvalue weighted by Gasteiger charge is 2.45. The average Bonchev–Trinajstić information content (AvgIpc) is 2.45. The molecule has 0 aliphatic rings. The molecule has 0 radical (unpaired) electrons. The summed E-state index contributed by atoms with van der Waals surface area (Å²) in [6.07, 6.45) is 4.52. The van der Waals surface area contributed by atoms with Crippen LogP contribution in [0.3, 0.4) is 0 Å². The zero-order valence-electron chi connectivity index (χ0n) is 11.6. The summed E-state index contributed by atoms with van der Waals surface area (Å²) in [7, 11) is -1.56. The van der Waals surface area contributed by atoms with Gasteiger partial charge in [-0.3, -0.25) is 0 Å². The van der Waals surface area contributed by atoms with Crippen LogP contribution >= 0.6 is 31.9 Å². The van der Waals surface area contributed by atoms with Crippen molar-refractivity contribution in [1.82, 2.24) is 4.23 Å². The Labute approximate surface area is 123 Å². The maximum atomic E-state index is 3.61. The Morgan fingerprint density at radius 1 is 0.824 bits per heavy atom. The van der Waals surface area contributed by atoms with Gasteiger partial charge in [0.2, 0.25) is 0 Å². The lowest BCUT2D eigenvalue weighted by Crippen LogP contribution is -2.51. The Morgan fingerprint density at radius 3 is 1.35 bits per heavy atom. The molecule has 0 unspecified atom stereocenters. The normalized spacial score (nSPS) is 13.1. The van der Waals surface area contributed by atoms with Crippen LogP contribution in [0.15, 0.2) is 21.3 Å². The molecule has 0 spiro atoms. The molecule has 0 aromatic carbocycles. The molecule has 0 aliphatic heterocycles. The molecular formula is C13H23Br2NSi. The molecule has 0 saturated carbocycles. The van der Waals surface area contributed by atoms with Crippen LogP contribution in [0.4, 0.5) is 0 Å². The molecule has 17 heavy (non-hydrogen) atoms. The van der Waals surface area contributed by atoms with Crippen molar-refractivity contribution in [3.63, 3.8) is 0 Å². The zero-order chi connectivity index (χ0) is 13.4. The van der Waals surface area contributed by atoms with Crippen molar-refractivity contribution in [2.24, 2.45) is 0 Å². The van der Waals surface area contributed by atoms with Crippen LogP contribution < -0.4 is 0 Å². The first kappa shape index (κ1) is 15.5. The predicted octanol–water partition coefficient (Wildman–Crippen LogP) is 6.04. The monoisotopic (exact) mass is 379 g/mol. The zero-order valence-corrected chi connectivity index (χ0v) is 15.8. The summed E-state index contributed by atoms with van der Waals surface area (Å²) in [6, 6.07) is 0. The van der Waals surface area contributed by atoms with E-state index in [2.05, 4.69) is 90.0 Å².